The molecule has 1 aromatic heterocycles. The standard InChI is InChI=1S/C17H20N4O2/c1-3-8-21-11(2)13(10-18-21)17(23)20-15-9-16(22)19-14-7-5-4-6-12(14)15/h4-7,10,15H,3,8-9H2,1-2H3,(H,19,22)(H,20,23)/t15-/m1/s1. The molecule has 120 valence electrons. The summed E-state index contributed by atoms with van der Waals surface area (Å²) in [5, 5.41) is 10.0. The number of para-hydroxylation sites is 1. The Hall–Kier alpha value is -2.63. The normalized spacial score (nSPS) is 16.6. The van der Waals surface area contributed by atoms with Crippen molar-refractivity contribution in [2.45, 2.75) is 39.3 Å². The van der Waals surface area contributed by atoms with Crippen LogP contribution in [0.1, 0.15) is 47.4 Å². The third kappa shape index (κ3) is 2.97. The zero-order chi connectivity index (χ0) is 16.4. The number of amides is 2. The van der Waals surface area contributed by atoms with Crippen LogP contribution in [0.3, 0.4) is 0 Å². The predicted octanol–water partition coefficient (Wildman–Crippen LogP) is 2.41. The van der Waals surface area contributed by atoms with E-state index in [0.717, 1.165) is 29.9 Å². The number of nitrogens with one attached hydrogen (secondary N) is 2. The van der Waals surface area contributed by atoms with Crippen LogP contribution in [-0.4, -0.2) is 21.6 Å². The lowest BCUT2D eigenvalue weighted by Gasteiger charge is -2.26. The first-order chi connectivity index (χ1) is 11.1. The van der Waals surface area contributed by atoms with Gasteiger partial charge in [0.1, 0.15) is 0 Å². The number of aryl methyl sites for hydroxylation is 1. The van der Waals surface area contributed by atoms with Crippen LogP contribution in [0, 0.1) is 6.92 Å². The number of nitrogens with zero attached hydrogens (tertiary/aromatic N) is 2. The summed E-state index contributed by atoms with van der Waals surface area (Å²) in [7, 11) is 0. The summed E-state index contributed by atoms with van der Waals surface area (Å²) in [5.74, 6) is -0.285. The molecule has 0 bridgehead atoms. The number of carbonyl (C=O) groups excluding carboxylic acids is 2. The molecule has 0 saturated heterocycles. The number of benzene rings is 1. The van der Waals surface area contributed by atoms with E-state index in [0.29, 0.717) is 5.56 Å². The summed E-state index contributed by atoms with van der Waals surface area (Å²) >= 11 is 0. The number of aromatic nitrogens is 2. The van der Waals surface area contributed by atoms with Crippen molar-refractivity contribution in [3.63, 3.8) is 0 Å². The fraction of sp³-hybridized carbons (Fsp3) is 0.353. The lowest BCUT2D eigenvalue weighted by atomic mass is 9.97. The Balaban J connectivity index is 1.82. The van der Waals surface area contributed by atoms with Crippen LogP contribution >= 0.6 is 0 Å². The monoisotopic (exact) mass is 312 g/mol. The highest BCUT2D eigenvalue weighted by atomic mass is 16.2. The minimum absolute atomic E-state index is 0.0904. The molecule has 6 heteroatoms. The molecular weight excluding hydrogens is 292 g/mol. The van der Waals surface area contributed by atoms with Gasteiger partial charge >= 0.3 is 0 Å². The van der Waals surface area contributed by atoms with Gasteiger partial charge in [0.05, 0.1) is 24.2 Å². The van der Waals surface area contributed by atoms with Crippen LogP contribution in [0.4, 0.5) is 5.69 Å². The first kappa shape index (κ1) is 15.3. The average Bonchev–Trinajstić information content (AvgIpc) is 2.89. The van der Waals surface area contributed by atoms with Gasteiger partial charge in [-0.2, -0.15) is 5.10 Å². The van der Waals surface area contributed by atoms with E-state index in [9.17, 15) is 9.59 Å². The third-order valence-corrected chi connectivity index (χ3v) is 4.09. The molecule has 2 amide bonds. The number of anilines is 1. The van der Waals surface area contributed by atoms with Crippen molar-refractivity contribution in [2.75, 3.05) is 5.32 Å². The van der Waals surface area contributed by atoms with E-state index >= 15 is 0 Å². The van der Waals surface area contributed by atoms with E-state index in [2.05, 4.69) is 22.7 Å². The largest absolute Gasteiger partial charge is 0.345 e. The van der Waals surface area contributed by atoms with E-state index in [1.54, 1.807) is 6.20 Å². The van der Waals surface area contributed by atoms with Crippen molar-refractivity contribution in [3.8, 4) is 0 Å². The Morgan fingerprint density at radius 3 is 3.00 bits per heavy atom. The van der Waals surface area contributed by atoms with E-state index in [1.165, 1.54) is 0 Å². The highest BCUT2D eigenvalue weighted by Crippen LogP contribution is 2.30. The minimum Gasteiger partial charge on any atom is -0.345 e. The van der Waals surface area contributed by atoms with Crippen LogP contribution in [0.25, 0.3) is 0 Å². The Bertz CT molecular complexity index is 751. The Kier molecular flexibility index (Phi) is 4.14. The van der Waals surface area contributed by atoms with Gasteiger partial charge in [-0.3, -0.25) is 14.3 Å². The van der Waals surface area contributed by atoms with Gasteiger partial charge in [-0.25, -0.2) is 0 Å². The molecule has 6 nitrogen and oxygen atoms in total. The summed E-state index contributed by atoms with van der Waals surface area (Å²) in [5.41, 5.74) is 3.09. The number of rotatable bonds is 4. The Labute approximate surface area is 134 Å². The molecule has 0 aliphatic carbocycles. The van der Waals surface area contributed by atoms with E-state index < -0.39 is 0 Å². The first-order valence-corrected chi connectivity index (χ1v) is 7.82. The number of hydrogen-bond acceptors (Lipinski definition) is 3. The van der Waals surface area contributed by atoms with Gasteiger partial charge in [0.2, 0.25) is 5.91 Å². The quantitative estimate of drug-likeness (QED) is 0.910. The van der Waals surface area contributed by atoms with Gasteiger partial charge in [-0.05, 0) is 25.0 Å². The van der Waals surface area contributed by atoms with Crippen molar-refractivity contribution in [1.29, 1.82) is 0 Å². The van der Waals surface area contributed by atoms with E-state index in [4.69, 9.17) is 0 Å². The number of fused-ring (bicyclic) bond motifs is 1. The van der Waals surface area contributed by atoms with Crippen molar-refractivity contribution in [1.82, 2.24) is 15.1 Å². The maximum Gasteiger partial charge on any atom is 0.255 e. The lowest BCUT2D eigenvalue weighted by molar-refractivity contribution is -0.116. The molecular formula is C17H20N4O2. The topological polar surface area (TPSA) is 76.0 Å². The molecule has 23 heavy (non-hydrogen) atoms. The van der Waals surface area contributed by atoms with Gasteiger partial charge in [0, 0.05) is 17.9 Å². The Morgan fingerprint density at radius 2 is 2.22 bits per heavy atom. The van der Waals surface area contributed by atoms with Crippen LogP contribution in [0.15, 0.2) is 30.5 Å². The van der Waals surface area contributed by atoms with E-state index in [-0.39, 0.29) is 24.3 Å². The van der Waals surface area contributed by atoms with Crippen molar-refractivity contribution >= 4 is 17.5 Å². The second kappa shape index (κ2) is 6.24. The summed E-state index contributed by atoms with van der Waals surface area (Å²) in [6.45, 7) is 4.74. The molecule has 1 aromatic carbocycles. The van der Waals surface area contributed by atoms with Gasteiger partial charge in [-0.15, -0.1) is 0 Å². The zero-order valence-electron chi connectivity index (χ0n) is 13.3. The molecule has 1 atom stereocenters. The molecule has 2 N–H and O–H groups in total. The maximum absolute atomic E-state index is 12.6. The highest BCUT2D eigenvalue weighted by Gasteiger charge is 2.27. The number of hydrogen-bond donors (Lipinski definition) is 2. The minimum atomic E-state index is -0.318. The Morgan fingerprint density at radius 1 is 1.43 bits per heavy atom. The predicted molar refractivity (Wildman–Crippen MR) is 87.2 cm³/mol. The van der Waals surface area contributed by atoms with Crippen LogP contribution in [0.5, 0.6) is 0 Å². The second-order valence-electron chi connectivity index (χ2n) is 5.73. The summed E-state index contributed by atoms with van der Waals surface area (Å²) in [6, 6.07) is 7.21. The molecule has 2 aromatic rings. The van der Waals surface area contributed by atoms with Gasteiger partial charge in [-0.1, -0.05) is 25.1 Å². The van der Waals surface area contributed by atoms with Crippen molar-refractivity contribution < 1.29 is 9.59 Å². The summed E-state index contributed by atoms with van der Waals surface area (Å²) < 4.78 is 1.83. The SMILES string of the molecule is CCCn1ncc(C(=O)N[C@@H]2CC(=O)Nc3ccccc32)c1C. The third-order valence-electron chi connectivity index (χ3n) is 4.09. The second-order valence-corrected chi connectivity index (χ2v) is 5.73. The van der Waals surface area contributed by atoms with Crippen LogP contribution < -0.4 is 10.6 Å². The molecule has 3 rings (SSSR count). The van der Waals surface area contributed by atoms with Crippen molar-refractivity contribution in [2.24, 2.45) is 0 Å². The fourth-order valence-electron chi connectivity index (χ4n) is 2.88. The maximum atomic E-state index is 12.6. The van der Waals surface area contributed by atoms with Gasteiger partial charge in [0.15, 0.2) is 0 Å². The lowest BCUT2D eigenvalue weighted by Crippen LogP contribution is -2.35. The molecule has 1 aliphatic rings. The first-order valence-electron chi connectivity index (χ1n) is 7.82. The molecule has 0 spiro atoms. The molecule has 0 saturated carbocycles. The molecule has 0 unspecified atom stereocenters. The van der Waals surface area contributed by atoms with Crippen molar-refractivity contribution in [3.05, 3.63) is 47.3 Å². The van der Waals surface area contributed by atoms with Crippen LogP contribution in [0.2, 0.25) is 0 Å². The molecule has 0 radical (unpaired) electrons. The van der Waals surface area contributed by atoms with Crippen LogP contribution in [-0.2, 0) is 11.3 Å². The smallest absolute Gasteiger partial charge is 0.255 e. The summed E-state index contributed by atoms with van der Waals surface area (Å²) in [4.78, 5) is 24.4. The number of carbonyl (C=O) groups is 2. The van der Waals surface area contributed by atoms with Gasteiger partial charge < -0.3 is 10.6 Å². The van der Waals surface area contributed by atoms with Gasteiger partial charge in [0.25, 0.3) is 5.91 Å². The fourth-order valence-corrected chi connectivity index (χ4v) is 2.88. The molecule has 0 fully saturated rings. The highest BCUT2D eigenvalue weighted by molar-refractivity contribution is 5.98. The van der Waals surface area contributed by atoms with E-state index in [1.807, 2.05) is 35.9 Å². The molecule has 2 heterocycles. The molecule has 1 aliphatic heterocycles. The zero-order valence-corrected chi connectivity index (χ0v) is 13.3. The average molecular weight is 312 g/mol. The summed E-state index contributed by atoms with van der Waals surface area (Å²) in [6.07, 6.45) is 2.79.